The van der Waals surface area contributed by atoms with E-state index in [4.69, 9.17) is 4.42 Å². The lowest BCUT2D eigenvalue weighted by Crippen LogP contribution is -2.15. The van der Waals surface area contributed by atoms with Gasteiger partial charge < -0.3 is 9.73 Å². The number of hydrogen-bond donors (Lipinski definition) is 1. The van der Waals surface area contributed by atoms with Gasteiger partial charge in [-0.3, -0.25) is 4.79 Å². The summed E-state index contributed by atoms with van der Waals surface area (Å²) in [7, 11) is 0. The number of halogens is 2. The molecule has 0 aliphatic heterocycles. The molecule has 0 unspecified atom stereocenters. The largest absolute Gasteiger partial charge is 0.441 e. The molecular formula is C21H17F2N5O2. The zero-order chi connectivity index (χ0) is 21.3. The molecule has 1 amide bonds. The predicted molar refractivity (Wildman–Crippen MR) is 105 cm³/mol. The van der Waals surface area contributed by atoms with Gasteiger partial charge >= 0.3 is 0 Å². The van der Waals surface area contributed by atoms with Gasteiger partial charge in [-0.2, -0.15) is 0 Å². The van der Waals surface area contributed by atoms with Crippen LogP contribution in [0.25, 0.3) is 11.5 Å². The molecule has 0 spiro atoms. The standard InChI is InChI=1S/C21H17F2N5O2/c1-12-19(20(29)24-17-9-8-15(22)10-16(17)23)26-27-28(12)11-18-13(2)30-21(25-18)14-6-4-3-5-7-14/h3-10H,11H2,1-2H3,(H,24,29). The molecule has 9 heteroatoms. The Morgan fingerprint density at radius 3 is 2.63 bits per heavy atom. The Kier molecular flexibility index (Phi) is 5.09. The van der Waals surface area contributed by atoms with Gasteiger partial charge in [-0.1, -0.05) is 23.4 Å². The molecule has 1 N–H and O–H groups in total. The van der Waals surface area contributed by atoms with E-state index in [9.17, 15) is 13.6 Å². The highest BCUT2D eigenvalue weighted by molar-refractivity contribution is 6.03. The van der Waals surface area contributed by atoms with Crippen molar-refractivity contribution in [3.8, 4) is 11.5 Å². The van der Waals surface area contributed by atoms with Crippen LogP contribution < -0.4 is 5.32 Å². The minimum Gasteiger partial charge on any atom is -0.441 e. The summed E-state index contributed by atoms with van der Waals surface area (Å²) >= 11 is 0. The molecule has 0 saturated heterocycles. The molecule has 2 aromatic heterocycles. The highest BCUT2D eigenvalue weighted by atomic mass is 19.1. The number of aromatic nitrogens is 4. The van der Waals surface area contributed by atoms with Crippen molar-refractivity contribution in [1.29, 1.82) is 0 Å². The summed E-state index contributed by atoms with van der Waals surface area (Å²) in [5, 5.41) is 10.3. The number of hydrogen-bond acceptors (Lipinski definition) is 5. The first-order valence-corrected chi connectivity index (χ1v) is 9.10. The first kappa shape index (κ1) is 19.4. The molecule has 2 heterocycles. The number of rotatable bonds is 5. The molecule has 4 aromatic rings. The first-order chi connectivity index (χ1) is 14.4. The number of carbonyl (C=O) groups excluding carboxylic acids is 1. The number of nitrogens with one attached hydrogen (secondary N) is 1. The molecule has 7 nitrogen and oxygen atoms in total. The van der Waals surface area contributed by atoms with E-state index >= 15 is 0 Å². The van der Waals surface area contributed by atoms with Gasteiger partial charge in [0.1, 0.15) is 23.1 Å². The molecule has 30 heavy (non-hydrogen) atoms. The molecule has 0 atom stereocenters. The molecule has 0 saturated carbocycles. The number of benzene rings is 2. The predicted octanol–water partition coefficient (Wildman–Crippen LogP) is 4.13. The van der Waals surface area contributed by atoms with E-state index < -0.39 is 17.5 Å². The maximum atomic E-state index is 13.8. The molecule has 0 fully saturated rings. The third-order valence-corrected chi connectivity index (χ3v) is 4.59. The van der Waals surface area contributed by atoms with E-state index in [2.05, 4.69) is 20.6 Å². The van der Waals surface area contributed by atoms with Crippen LogP contribution >= 0.6 is 0 Å². The molecule has 152 valence electrons. The van der Waals surface area contributed by atoms with Crippen molar-refractivity contribution < 1.29 is 18.0 Å². The summed E-state index contributed by atoms with van der Waals surface area (Å²) < 4.78 is 34.1. The second-order valence-corrected chi connectivity index (χ2v) is 6.65. The van der Waals surface area contributed by atoms with Crippen LogP contribution in [0.3, 0.4) is 0 Å². The summed E-state index contributed by atoms with van der Waals surface area (Å²) in [5.41, 5.74) is 1.86. The Morgan fingerprint density at radius 2 is 1.90 bits per heavy atom. The van der Waals surface area contributed by atoms with Crippen LogP contribution in [-0.4, -0.2) is 25.9 Å². The third-order valence-electron chi connectivity index (χ3n) is 4.59. The normalized spacial score (nSPS) is 10.9. The minimum absolute atomic E-state index is 0.0307. The molecule has 0 bridgehead atoms. The average Bonchev–Trinajstić information content (AvgIpc) is 3.28. The van der Waals surface area contributed by atoms with Crippen molar-refractivity contribution in [3.05, 3.63) is 83.0 Å². The van der Waals surface area contributed by atoms with E-state index in [1.54, 1.807) is 13.8 Å². The van der Waals surface area contributed by atoms with Crippen molar-refractivity contribution in [2.45, 2.75) is 20.4 Å². The van der Waals surface area contributed by atoms with Crippen LogP contribution in [0.4, 0.5) is 14.5 Å². The topological polar surface area (TPSA) is 85.8 Å². The van der Waals surface area contributed by atoms with Crippen LogP contribution in [0.5, 0.6) is 0 Å². The molecule has 0 radical (unpaired) electrons. The zero-order valence-corrected chi connectivity index (χ0v) is 16.2. The number of anilines is 1. The number of amides is 1. The lowest BCUT2D eigenvalue weighted by molar-refractivity contribution is 0.102. The van der Waals surface area contributed by atoms with Gasteiger partial charge in [0, 0.05) is 11.6 Å². The van der Waals surface area contributed by atoms with Gasteiger partial charge in [0.2, 0.25) is 5.89 Å². The Hall–Kier alpha value is -3.88. The number of aryl methyl sites for hydroxylation is 1. The summed E-state index contributed by atoms with van der Waals surface area (Å²) in [4.78, 5) is 17.0. The van der Waals surface area contributed by atoms with Gasteiger partial charge in [-0.15, -0.1) is 5.10 Å². The maximum absolute atomic E-state index is 13.8. The van der Waals surface area contributed by atoms with E-state index in [0.717, 1.165) is 17.7 Å². The quantitative estimate of drug-likeness (QED) is 0.536. The van der Waals surface area contributed by atoms with Crippen LogP contribution in [0.2, 0.25) is 0 Å². The summed E-state index contributed by atoms with van der Waals surface area (Å²) in [6.45, 7) is 3.72. The smallest absolute Gasteiger partial charge is 0.278 e. The van der Waals surface area contributed by atoms with Gasteiger partial charge in [-0.25, -0.2) is 18.4 Å². The fraction of sp³-hybridized carbons (Fsp3) is 0.143. The molecule has 0 aliphatic rings. The summed E-state index contributed by atoms with van der Waals surface area (Å²) in [6, 6.07) is 12.4. The van der Waals surface area contributed by atoms with Crippen molar-refractivity contribution in [1.82, 2.24) is 20.0 Å². The Bertz CT molecular complexity index is 1220. The number of oxazole rings is 1. The van der Waals surface area contributed by atoms with Crippen molar-refractivity contribution in [2.75, 3.05) is 5.32 Å². The number of carbonyl (C=O) groups is 1. The van der Waals surface area contributed by atoms with E-state index in [1.165, 1.54) is 4.68 Å². The second-order valence-electron chi connectivity index (χ2n) is 6.65. The fourth-order valence-corrected chi connectivity index (χ4v) is 2.91. The minimum atomic E-state index is -0.875. The first-order valence-electron chi connectivity index (χ1n) is 9.10. The number of nitrogens with zero attached hydrogens (tertiary/aromatic N) is 4. The van der Waals surface area contributed by atoms with E-state index in [0.29, 0.717) is 29.1 Å². The van der Waals surface area contributed by atoms with Crippen molar-refractivity contribution in [2.24, 2.45) is 0 Å². The van der Waals surface area contributed by atoms with Gasteiger partial charge in [0.25, 0.3) is 5.91 Å². The van der Waals surface area contributed by atoms with Crippen molar-refractivity contribution in [3.63, 3.8) is 0 Å². The summed E-state index contributed by atoms with van der Waals surface area (Å²) in [5.74, 6) is -1.13. The summed E-state index contributed by atoms with van der Waals surface area (Å²) in [6.07, 6.45) is 0. The van der Waals surface area contributed by atoms with Gasteiger partial charge in [-0.05, 0) is 38.1 Å². The van der Waals surface area contributed by atoms with Gasteiger partial charge in [0.15, 0.2) is 5.69 Å². The van der Waals surface area contributed by atoms with Gasteiger partial charge in [0.05, 0.1) is 17.9 Å². The Labute approximate surface area is 170 Å². The molecule has 4 rings (SSSR count). The molecule has 0 aliphatic carbocycles. The zero-order valence-electron chi connectivity index (χ0n) is 16.2. The van der Waals surface area contributed by atoms with Crippen LogP contribution in [0, 0.1) is 25.5 Å². The van der Waals surface area contributed by atoms with Crippen LogP contribution in [-0.2, 0) is 6.54 Å². The highest BCUT2D eigenvalue weighted by Crippen LogP contribution is 2.22. The average molecular weight is 409 g/mol. The Morgan fingerprint density at radius 1 is 1.13 bits per heavy atom. The maximum Gasteiger partial charge on any atom is 0.278 e. The molecule has 2 aromatic carbocycles. The van der Waals surface area contributed by atoms with E-state index in [-0.39, 0.29) is 17.9 Å². The highest BCUT2D eigenvalue weighted by Gasteiger charge is 2.20. The third kappa shape index (κ3) is 3.82. The second kappa shape index (κ2) is 7.86. The monoisotopic (exact) mass is 409 g/mol. The molecular weight excluding hydrogens is 392 g/mol. The lowest BCUT2D eigenvalue weighted by Gasteiger charge is -2.05. The Balaban J connectivity index is 1.54. The SMILES string of the molecule is Cc1oc(-c2ccccc2)nc1Cn1nnc(C(=O)Nc2ccc(F)cc2F)c1C. The van der Waals surface area contributed by atoms with E-state index in [1.807, 2.05) is 30.3 Å². The van der Waals surface area contributed by atoms with Crippen molar-refractivity contribution >= 4 is 11.6 Å². The lowest BCUT2D eigenvalue weighted by atomic mass is 10.2. The van der Waals surface area contributed by atoms with Crippen LogP contribution in [0.1, 0.15) is 27.6 Å². The van der Waals surface area contributed by atoms with Crippen LogP contribution in [0.15, 0.2) is 52.9 Å². The fourth-order valence-electron chi connectivity index (χ4n) is 2.91.